The predicted octanol–water partition coefficient (Wildman–Crippen LogP) is 1.59. The summed E-state index contributed by atoms with van der Waals surface area (Å²) in [5, 5.41) is 3.03. The maximum atomic E-state index is 12.1. The summed E-state index contributed by atoms with van der Waals surface area (Å²) in [4.78, 5) is 13.8. The van der Waals surface area contributed by atoms with E-state index < -0.39 is 0 Å². The molecule has 1 N–H and O–H groups in total. The van der Waals surface area contributed by atoms with Crippen LogP contribution in [0.2, 0.25) is 0 Å². The van der Waals surface area contributed by atoms with Gasteiger partial charge >= 0.3 is 0 Å². The molecule has 0 aliphatic heterocycles. The third-order valence-corrected chi connectivity index (χ3v) is 2.66. The number of likely N-dealkylation sites (N-methyl/N-ethyl adjacent to an activating group) is 2. The van der Waals surface area contributed by atoms with Crippen LogP contribution in [0.1, 0.15) is 21.5 Å². The van der Waals surface area contributed by atoms with E-state index in [0.29, 0.717) is 0 Å². The van der Waals surface area contributed by atoms with Gasteiger partial charge in [0.2, 0.25) is 0 Å². The Morgan fingerprint density at radius 1 is 1.38 bits per heavy atom. The SMILES string of the molecule is CNCCN(C)C(=O)c1ccc(C)cc1C. The maximum absolute atomic E-state index is 12.1. The molecule has 1 aromatic rings. The quantitative estimate of drug-likeness (QED) is 0.836. The van der Waals surface area contributed by atoms with E-state index in [0.717, 1.165) is 24.2 Å². The zero-order valence-electron chi connectivity index (χ0n) is 10.5. The second kappa shape index (κ2) is 5.66. The van der Waals surface area contributed by atoms with Crippen molar-refractivity contribution in [3.05, 3.63) is 34.9 Å². The molecule has 0 aliphatic rings. The van der Waals surface area contributed by atoms with E-state index in [-0.39, 0.29) is 5.91 Å². The molecule has 0 radical (unpaired) electrons. The van der Waals surface area contributed by atoms with E-state index in [1.54, 1.807) is 4.90 Å². The van der Waals surface area contributed by atoms with Gasteiger partial charge in [0.05, 0.1) is 0 Å². The maximum Gasteiger partial charge on any atom is 0.253 e. The molecule has 0 saturated heterocycles. The van der Waals surface area contributed by atoms with Crippen LogP contribution in [0, 0.1) is 13.8 Å². The fourth-order valence-corrected chi connectivity index (χ4v) is 1.64. The number of amides is 1. The second-order valence-electron chi connectivity index (χ2n) is 4.15. The Bertz CT molecular complexity index is 374. The third kappa shape index (κ3) is 3.07. The summed E-state index contributed by atoms with van der Waals surface area (Å²) in [5.74, 6) is 0.0905. The highest BCUT2D eigenvalue weighted by Gasteiger charge is 2.13. The van der Waals surface area contributed by atoms with Crippen LogP contribution in [0.15, 0.2) is 18.2 Å². The van der Waals surface area contributed by atoms with Gasteiger partial charge in [-0.25, -0.2) is 0 Å². The second-order valence-corrected chi connectivity index (χ2v) is 4.15. The minimum atomic E-state index is 0.0905. The summed E-state index contributed by atoms with van der Waals surface area (Å²) in [6.45, 7) is 5.55. The molecule has 88 valence electrons. The van der Waals surface area contributed by atoms with Gasteiger partial charge < -0.3 is 10.2 Å². The standard InChI is InChI=1S/C13H20N2O/c1-10-5-6-12(11(2)9-10)13(16)15(4)8-7-14-3/h5-6,9,14H,7-8H2,1-4H3. The number of hydrogen-bond acceptors (Lipinski definition) is 2. The van der Waals surface area contributed by atoms with Crippen molar-refractivity contribution in [2.45, 2.75) is 13.8 Å². The highest BCUT2D eigenvalue weighted by Crippen LogP contribution is 2.12. The molecule has 0 heterocycles. The van der Waals surface area contributed by atoms with Gasteiger partial charge in [-0.15, -0.1) is 0 Å². The average molecular weight is 220 g/mol. The molecule has 0 bridgehead atoms. The molecule has 1 amide bonds. The molecule has 1 rings (SSSR count). The van der Waals surface area contributed by atoms with Crippen LogP contribution >= 0.6 is 0 Å². The fourth-order valence-electron chi connectivity index (χ4n) is 1.64. The highest BCUT2D eigenvalue weighted by molar-refractivity contribution is 5.95. The van der Waals surface area contributed by atoms with Crippen LogP contribution in [0.5, 0.6) is 0 Å². The normalized spacial score (nSPS) is 10.2. The van der Waals surface area contributed by atoms with E-state index in [9.17, 15) is 4.79 Å². The number of aryl methyl sites for hydroxylation is 2. The molecule has 3 nitrogen and oxygen atoms in total. The van der Waals surface area contributed by atoms with Crippen LogP contribution in [-0.2, 0) is 0 Å². The summed E-state index contributed by atoms with van der Waals surface area (Å²) in [6, 6.07) is 5.92. The van der Waals surface area contributed by atoms with Crippen molar-refractivity contribution in [3.63, 3.8) is 0 Å². The molecule has 0 aromatic heterocycles. The van der Waals surface area contributed by atoms with Crippen molar-refractivity contribution in [1.29, 1.82) is 0 Å². The lowest BCUT2D eigenvalue weighted by molar-refractivity contribution is 0.0796. The third-order valence-electron chi connectivity index (χ3n) is 2.66. The summed E-state index contributed by atoms with van der Waals surface area (Å²) < 4.78 is 0. The zero-order valence-corrected chi connectivity index (χ0v) is 10.5. The fraction of sp³-hybridized carbons (Fsp3) is 0.462. The van der Waals surface area contributed by atoms with Crippen molar-refractivity contribution in [3.8, 4) is 0 Å². The van der Waals surface area contributed by atoms with E-state index >= 15 is 0 Å². The van der Waals surface area contributed by atoms with Gasteiger partial charge in [0.25, 0.3) is 5.91 Å². The van der Waals surface area contributed by atoms with E-state index in [1.165, 1.54) is 5.56 Å². The smallest absolute Gasteiger partial charge is 0.253 e. The number of benzene rings is 1. The van der Waals surface area contributed by atoms with Gasteiger partial charge in [-0.3, -0.25) is 4.79 Å². The van der Waals surface area contributed by atoms with E-state index in [2.05, 4.69) is 5.32 Å². The monoisotopic (exact) mass is 220 g/mol. The molecule has 0 aliphatic carbocycles. The number of nitrogens with zero attached hydrogens (tertiary/aromatic N) is 1. The molecule has 1 aromatic carbocycles. The van der Waals surface area contributed by atoms with Crippen molar-refractivity contribution in [2.24, 2.45) is 0 Å². The highest BCUT2D eigenvalue weighted by atomic mass is 16.2. The first kappa shape index (κ1) is 12.7. The Morgan fingerprint density at radius 3 is 2.62 bits per heavy atom. The van der Waals surface area contributed by atoms with Gasteiger partial charge in [-0.2, -0.15) is 0 Å². The molecule has 0 atom stereocenters. The minimum absolute atomic E-state index is 0.0905. The van der Waals surface area contributed by atoms with Crippen LogP contribution in [-0.4, -0.2) is 38.0 Å². The molecule has 0 fully saturated rings. The largest absolute Gasteiger partial charge is 0.340 e. The number of nitrogens with one attached hydrogen (secondary N) is 1. The van der Waals surface area contributed by atoms with Crippen LogP contribution in [0.3, 0.4) is 0 Å². The average Bonchev–Trinajstić information content (AvgIpc) is 2.25. The first-order valence-corrected chi connectivity index (χ1v) is 5.53. The van der Waals surface area contributed by atoms with Crippen molar-refractivity contribution >= 4 is 5.91 Å². The number of rotatable bonds is 4. The molecular formula is C13H20N2O. The Hall–Kier alpha value is -1.35. The topological polar surface area (TPSA) is 32.3 Å². The Balaban J connectivity index is 2.79. The first-order valence-electron chi connectivity index (χ1n) is 5.53. The van der Waals surface area contributed by atoms with Gasteiger partial charge in [0, 0.05) is 25.7 Å². The Morgan fingerprint density at radius 2 is 2.06 bits per heavy atom. The van der Waals surface area contributed by atoms with Crippen LogP contribution in [0.25, 0.3) is 0 Å². The van der Waals surface area contributed by atoms with Crippen molar-refractivity contribution in [1.82, 2.24) is 10.2 Å². The summed E-state index contributed by atoms with van der Waals surface area (Å²) in [5.41, 5.74) is 3.03. The van der Waals surface area contributed by atoms with E-state index in [4.69, 9.17) is 0 Å². The minimum Gasteiger partial charge on any atom is -0.340 e. The zero-order chi connectivity index (χ0) is 12.1. The molecule has 0 saturated carbocycles. The molecule has 16 heavy (non-hydrogen) atoms. The number of hydrogen-bond donors (Lipinski definition) is 1. The molecule has 0 spiro atoms. The van der Waals surface area contributed by atoms with Gasteiger partial charge in [0.15, 0.2) is 0 Å². The summed E-state index contributed by atoms with van der Waals surface area (Å²) in [6.07, 6.45) is 0. The number of carbonyl (C=O) groups is 1. The van der Waals surface area contributed by atoms with Crippen molar-refractivity contribution < 1.29 is 4.79 Å². The van der Waals surface area contributed by atoms with Crippen LogP contribution < -0.4 is 5.32 Å². The van der Waals surface area contributed by atoms with Gasteiger partial charge in [0.1, 0.15) is 0 Å². The van der Waals surface area contributed by atoms with Gasteiger partial charge in [-0.1, -0.05) is 17.7 Å². The summed E-state index contributed by atoms with van der Waals surface area (Å²) in [7, 11) is 3.72. The lowest BCUT2D eigenvalue weighted by atomic mass is 10.0. The summed E-state index contributed by atoms with van der Waals surface area (Å²) >= 11 is 0. The lowest BCUT2D eigenvalue weighted by Crippen LogP contribution is -2.33. The lowest BCUT2D eigenvalue weighted by Gasteiger charge is -2.18. The Kier molecular flexibility index (Phi) is 4.50. The molecule has 0 unspecified atom stereocenters. The number of carbonyl (C=O) groups excluding carboxylic acids is 1. The van der Waals surface area contributed by atoms with Crippen LogP contribution in [0.4, 0.5) is 0 Å². The van der Waals surface area contributed by atoms with Gasteiger partial charge in [-0.05, 0) is 32.5 Å². The van der Waals surface area contributed by atoms with Crippen molar-refractivity contribution in [2.75, 3.05) is 27.2 Å². The first-order chi connectivity index (χ1) is 7.56. The molecular weight excluding hydrogens is 200 g/mol. The van der Waals surface area contributed by atoms with E-state index in [1.807, 2.05) is 46.1 Å². The molecule has 3 heteroatoms. The predicted molar refractivity (Wildman–Crippen MR) is 66.8 cm³/mol. The Labute approximate surface area is 97.5 Å².